The van der Waals surface area contributed by atoms with E-state index in [0.717, 1.165) is 16.8 Å². The predicted octanol–water partition coefficient (Wildman–Crippen LogP) is 3.83. The van der Waals surface area contributed by atoms with Gasteiger partial charge in [0.15, 0.2) is 0 Å². The molecule has 1 unspecified atom stereocenters. The molecule has 2 amide bonds. The molecule has 0 saturated heterocycles. The molecular formula is C20H25N3O3S. The smallest absolute Gasteiger partial charge is 0.313 e. The number of carbonyl (C=O) groups is 1. The zero-order valence-corrected chi connectivity index (χ0v) is 16.7. The zero-order chi connectivity index (χ0) is 19.6. The number of amides is 2. The lowest BCUT2D eigenvalue weighted by atomic mass is 10.0. The van der Waals surface area contributed by atoms with E-state index in [1.807, 2.05) is 45.0 Å². The van der Waals surface area contributed by atoms with Crippen molar-refractivity contribution in [1.82, 2.24) is 9.21 Å². The van der Waals surface area contributed by atoms with Gasteiger partial charge in [-0.3, -0.25) is 0 Å². The maximum Gasteiger partial charge on any atom is 0.322 e. The van der Waals surface area contributed by atoms with Gasteiger partial charge in [0, 0.05) is 25.3 Å². The summed E-state index contributed by atoms with van der Waals surface area (Å²) in [6, 6.07) is 14.3. The Labute approximate surface area is 160 Å². The number of rotatable bonds is 6. The topological polar surface area (TPSA) is 69.7 Å². The number of hydrogen-bond donors (Lipinski definition) is 1. The summed E-state index contributed by atoms with van der Waals surface area (Å²) in [6.07, 6.45) is 0. The van der Waals surface area contributed by atoms with Crippen LogP contribution in [-0.2, 0) is 16.6 Å². The van der Waals surface area contributed by atoms with E-state index < -0.39 is 10.0 Å². The number of anilines is 1. The van der Waals surface area contributed by atoms with Gasteiger partial charge in [-0.05, 0) is 36.2 Å². The average molecular weight is 388 g/mol. The van der Waals surface area contributed by atoms with Crippen LogP contribution >= 0.6 is 0 Å². The molecule has 0 radical (unpaired) electrons. The first-order chi connectivity index (χ1) is 12.9. The van der Waals surface area contributed by atoms with Crippen molar-refractivity contribution in [2.24, 2.45) is 0 Å². The van der Waals surface area contributed by atoms with Crippen LogP contribution in [0.4, 0.5) is 10.5 Å². The molecule has 27 heavy (non-hydrogen) atoms. The third kappa shape index (κ3) is 3.70. The summed E-state index contributed by atoms with van der Waals surface area (Å²) in [5.41, 5.74) is 2.79. The number of carbonyl (C=O) groups excluding carboxylic acids is 1. The highest BCUT2D eigenvalue weighted by Crippen LogP contribution is 2.33. The molecule has 144 valence electrons. The lowest BCUT2D eigenvalue weighted by Crippen LogP contribution is -2.40. The van der Waals surface area contributed by atoms with E-state index >= 15 is 0 Å². The highest BCUT2D eigenvalue weighted by molar-refractivity contribution is 7.89. The molecule has 0 aliphatic carbocycles. The van der Waals surface area contributed by atoms with Crippen molar-refractivity contribution in [3.8, 4) is 0 Å². The minimum Gasteiger partial charge on any atom is -0.313 e. The van der Waals surface area contributed by atoms with E-state index in [1.54, 1.807) is 29.2 Å². The third-order valence-corrected chi connectivity index (χ3v) is 7.06. The fraction of sp³-hybridized carbons (Fsp3) is 0.350. The van der Waals surface area contributed by atoms with Crippen molar-refractivity contribution in [3.05, 3.63) is 59.7 Å². The second-order valence-electron chi connectivity index (χ2n) is 6.55. The number of nitrogens with zero attached hydrogens (tertiary/aromatic N) is 2. The van der Waals surface area contributed by atoms with Crippen LogP contribution in [0.2, 0.25) is 0 Å². The van der Waals surface area contributed by atoms with Crippen molar-refractivity contribution in [2.45, 2.75) is 38.3 Å². The van der Waals surface area contributed by atoms with Gasteiger partial charge in [-0.25, -0.2) is 13.2 Å². The first-order valence-corrected chi connectivity index (χ1v) is 10.6. The van der Waals surface area contributed by atoms with Crippen LogP contribution in [0.3, 0.4) is 0 Å². The van der Waals surface area contributed by atoms with Gasteiger partial charge in [-0.2, -0.15) is 4.31 Å². The molecule has 2 aromatic carbocycles. The molecule has 6 nitrogen and oxygen atoms in total. The van der Waals surface area contributed by atoms with Gasteiger partial charge in [0.25, 0.3) is 0 Å². The van der Waals surface area contributed by atoms with Crippen molar-refractivity contribution >= 4 is 21.7 Å². The number of hydrogen-bond acceptors (Lipinski definition) is 3. The second kappa shape index (κ2) is 7.70. The van der Waals surface area contributed by atoms with Gasteiger partial charge in [-0.15, -0.1) is 0 Å². The Morgan fingerprint density at radius 2 is 1.67 bits per heavy atom. The van der Waals surface area contributed by atoms with Gasteiger partial charge in [0.1, 0.15) is 0 Å². The van der Waals surface area contributed by atoms with Crippen LogP contribution in [0, 0.1) is 0 Å². The predicted molar refractivity (Wildman–Crippen MR) is 106 cm³/mol. The van der Waals surface area contributed by atoms with Crippen LogP contribution in [-0.4, -0.2) is 36.7 Å². The number of nitrogens with one attached hydrogen (secondary N) is 1. The summed E-state index contributed by atoms with van der Waals surface area (Å²) < 4.78 is 26.6. The Morgan fingerprint density at radius 3 is 2.30 bits per heavy atom. The van der Waals surface area contributed by atoms with Gasteiger partial charge in [-0.1, -0.05) is 44.2 Å². The summed E-state index contributed by atoms with van der Waals surface area (Å²) in [6.45, 7) is 6.92. The normalized spacial score (nSPS) is 17.0. The molecule has 3 rings (SSSR count). The first-order valence-electron chi connectivity index (χ1n) is 9.14. The van der Waals surface area contributed by atoms with Gasteiger partial charge >= 0.3 is 6.03 Å². The molecule has 0 saturated carbocycles. The van der Waals surface area contributed by atoms with Crippen LogP contribution in [0.25, 0.3) is 0 Å². The highest BCUT2D eigenvalue weighted by atomic mass is 32.2. The molecule has 0 spiro atoms. The molecular weight excluding hydrogens is 362 g/mol. The van der Waals surface area contributed by atoms with E-state index in [9.17, 15) is 13.2 Å². The summed E-state index contributed by atoms with van der Waals surface area (Å²) in [7, 11) is -3.47. The minimum absolute atomic E-state index is 0.0611. The molecule has 2 aromatic rings. The summed E-state index contributed by atoms with van der Waals surface area (Å²) >= 11 is 0. The number of para-hydroxylation sites is 1. The number of urea groups is 1. The molecule has 7 heteroatoms. The molecule has 0 aromatic heterocycles. The molecule has 1 aliphatic heterocycles. The maximum atomic E-state index is 12.6. The van der Waals surface area contributed by atoms with Crippen LogP contribution in [0.5, 0.6) is 0 Å². The molecule has 0 bridgehead atoms. The Balaban J connectivity index is 1.80. The van der Waals surface area contributed by atoms with Crippen molar-refractivity contribution in [1.29, 1.82) is 0 Å². The monoisotopic (exact) mass is 387 g/mol. The highest BCUT2D eigenvalue weighted by Gasteiger charge is 2.29. The standard InChI is InChI=1S/C20H25N3O3S/c1-4-22(5-2)27(25,26)17-12-10-16(11-13-17)14-23-15(3)18-8-6-7-9-19(18)21-20(23)24/h6-13,15H,4-5,14H2,1-3H3,(H,21,24). The van der Waals surface area contributed by atoms with Gasteiger partial charge in [0.2, 0.25) is 10.0 Å². The van der Waals surface area contributed by atoms with Gasteiger partial charge in [0.05, 0.1) is 10.9 Å². The van der Waals surface area contributed by atoms with Crippen molar-refractivity contribution in [3.63, 3.8) is 0 Å². The Bertz CT molecular complexity index is 922. The largest absolute Gasteiger partial charge is 0.322 e. The summed E-state index contributed by atoms with van der Waals surface area (Å²) in [5, 5.41) is 2.91. The van der Waals surface area contributed by atoms with Crippen molar-refractivity contribution in [2.75, 3.05) is 18.4 Å². The molecule has 1 aliphatic rings. The summed E-state index contributed by atoms with van der Waals surface area (Å²) in [5.74, 6) is 0. The van der Waals surface area contributed by atoms with E-state index in [-0.39, 0.29) is 17.0 Å². The van der Waals surface area contributed by atoms with E-state index in [0.29, 0.717) is 19.6 Å². The lowest BCUT2D eigenvalue weighted by molar-refractivity contribution is 0.186. The number of benzene rings is 2. The van der Waals surface area contributed by atoms with Crippen molar-refractivity contribution < 1.29 is 13.2 Å². The summed E-state index contributed by atoms with van der Waals surface area (Å²) in [4.78, 5) is 14.5. The third-order valence-electron chi connectivity index (χ3n) is 5.00. The molecule has 1 heterocycles. The van der Waals surface area contributed by atoms with E-state index in [2.05, 4.69) is 5.32 Å². The Hall–Kier alpha value is -2.38. The number of sulfonamides is 1. The minimum atomic E-state index is -3.47. The zero-order valence-electron chi connectivity index (χ0n) is 15.8. The first kappa shape index (κ1) is 19.4. The Morgan fingerprint density at radius 1 is 1.04 bits per heavy atom. The fourth-order valence-corrected chi connectivity index (χ4v) is 4.85. The second-order valence-corrected chi connectivity index (χ2v) is 8.49. The maximum absolute atomic E-state index is 12.6. The van der Waals surface area contributed by atoms with Crippen LogP contribution in [0.15, 0.2) is 53.4 Å². The van der Waals surface area contributed by atoms with E-state index in [4.69, 9.17) is 0 Å². The lowest BCUT2D eigenvalue weighted by Gasteiger charge is -2.35. The Kier molecular flexibility index (Phi) is 5.53. The number of fused-ring (bicyclic) bond motifs is 1. The van der Waals surface area contributed by atoms with E-state index in [1.165, 1.54) is 4.31 Å². The average Bonchev–Trinajstić information content (AvgIpc) is 2.66. The van der Waals surface area contributed by atoms with Crippen LogP contribution < -0.4 is 5.32 Å². The molecule has 0 fully saturated rings. The quantitative estimate of drug-likeness (QED) is 0.819. The molecule has 1 N–H and O–H groups in total. The van der Waals surface area contributed by atoms with Gasteiger partial charge < -0.3 is 10.2 Å². The van der Waals surface area contributed by atoms with Crippen LogP contribution in [0.1, 0.15) is 37.9 Å². The fourth-order valence-electron chi connectivity index (χ4n) is 3.39. The molecule has 1 atom stereocenters. The SMILES string of the molecule is CCN(CC)S(=O)(=O)c1ccc(CN2C(=O)Nc3ccccc3C2C)cc1.